The molecule has 0 unspecified atom stereocenters. The van der Waals surface area contributed by atoms with E-state index in [0.29, 0.717) is 11.3 Å². The molecule has 0 saturated heterocycles. The van der Waals surface area contributed by atoms with Crippen molar-refractivity contribution in [2.75, 3.05) is 30.0 Å². The number of nitrogen functional groups attached to an aromatic ring is 1. The van der Waals surface area contributed by atoms with E-state index in [1.54, 1.807) is 13.2 Å². The molecule has 0 atom stereocenters. The average Bonchev–Trinajstić information content (AvgIpc) is 3.15. The Kier molecular flexibility index (Phi) is 5.52. The van der Waals surface area contributed by atoms with Crippen LogP contribution in [0.5, 0.6) is 5.75 Å². The number of nitrogens with two attached hydrogens (primary N) is 1. The molecule has 168 valence electrons. The summed E-state index contributed by atoms with van der Waals surface area (Å²) in [6.45, 7) is 4.80. The van der Waals surface area contributed by atoms with E-state index in [9.17, 15) is 4.79 Å². The summed E-state index contributed by atoms with van der Waals surface area (Å²) < 4.78 is 5.35. The monoisotopic (exact) mass is 440 g/mol. The number of amides is 1. The smallest absolute Gasteiger partial charge is 0.258 e. The largest absolute Gasteiger partial charge is 0.497 e. The van der Waals surface area contributed by atoms with Crippen molar-refractivity contribution < 1.29 is 9.53 Å². The first-order valence-corrected chi connectivity index (χ1v) is 11.2. The minimum absolute atomic E-state index is 0.111. The lowest BCUT2D eigenvalue weighted by molar-refractivity contribution is -0.110. The molecule has 0 aliphatic carbocycles. The third-order valence-electron chi connectivity index (χ3n) is 6.36. The maximum atomic E-state index is 12.5. The highest BCUT2D eigenvalue weighted by Crippen LogP contribution is 2.35. The van der Waals surface area contributed by atoms with Gasteiger partial charge < -0.3 is 21.1 Å². The number of benzene rings is 3. The van der Waals surface area contributed by atoms with Crippen molar-refractivity contribution in [2.24, 2.45) is 0 Å². The Morgan fingerprint density at radius 1 is 1.09 bits per heavy atom. The first-order valence-electron chi connectivity index (χ1n) is 11.2. The summed E-state index contributed by atoms with van der Waals surface area (Å²) in [5, 5.41) is 6.29. The fraction of sp³-hybridized carbons (Fsp3) is 0.222. The van der Waals surface area contributed by atoms with E-state index >= 15 is 0 Å². The fourth-order valence-corrected chi connectivity index (χ4v) is 4.64. The summed E-state index contributed by atoms with van der Waals surface area (Å²) >= 11 is 0. The number of fused-ring (bicyclic) bond motifs is 2. The average molecular weight is 441 g/mol. The number of hydrogen-bond acceptors (Lipinski definition) is 5. The summed E-state index contributed by atoms with van der Waals surface area (Å²) in [6, 6.07) is 20.3. The number of nitrogens with one attached hydrogen (secondary N) is 2. The van der Waals surface area contributed by atoms with Crippen molar-refractivity contribution in [3.05, 3.63) is 88.6 Å². The molecule has 2 aliphatic rings. The highest BCUT2D eigenvalue weighted by Gasteiger charge is 2.26. The predicted molar refractivity (Wildman–Crippen MR) is 133 cm³/mol. The van der Waals surface area contributed by atoms with Gasteiger partial charge in [-0.2, -0.15) is 0 Å². The van der Waals surface area contributed by atoms with E-state index < -0.39 is 0 Å². The van der Waals surface area contributed by atoms with Gasteiger partial charge in [0.2, 0.25) is 0 Å². The van der Waals surface area contributed by atoms with E-state index in [1.807, 2.05) is 25.1 Å². The zero-order chi connectivity index (χ0) is 22.9. The molecule has 6 heteroatoms. The minimum atomic E-state index is -0.111. The van der Waals surface area contributed by atoms with Crippen LogP contribution in [-0.2, 0) is 24.3 Å². The Morgan fingerprint density at radius 2 is 1.91 bits per heavy atom. The molecule has 3 aromatic rings. The van der Waals surface area contributed by atoms with Crippen molar-refractivity contribution in [3.63, 3.8) is 0 Å². The highest BCUT2D eigenvalue weighted by molar-refractivity contribution is 6.32. The van der Waals surface area contributed by atoms with Crippen LogP contribution in [0.15, 0.2) is 66.4 Å². The lowest BCUT2D eigenvalue weighted by Crippen LogP contribution is -2.30. The third kappa shape index (κ3) is 4.30. The summed E-state index contributed by atoms with van der Waals surface area (Å²) in [5.41, 5.74) is 14.6. The van der Waals surface area contributed by atoms with Crippen molar-refractivity contribution in [3.8, 4) is 5.75 Å². The van der Waals surface area contributed by atoms with E-state index in [0.717, 1.165) is 54.4 Å². The molecule has 0 spiro atoms. The lowest BCUT2D eigenvalue weighted by atomic mass is 9.99. The third-order valence-corrected chi connectivity index (χ3v) is 6.36. The number of ether oxygens (including phenoxy) is 1. The minimum Gasteiger partial charge on any atom is -0.497 e. The Hall–Kier alpha value is -3.77. The number of methoxy groups -OCH3 is 1. The van der Waals surface area contributed by atoms with Gasteiger partial charge in [0.05, 0.1) is 12.7 Å². The number of nitrogens with zero attached hydrogens (tertiary/aromatic N) is 1. The van der Waals surface area contributed by atoms with E-state index in [2.05, 4.69) is 51.9 Å². The molecule has 0 radical (unpaired) electrons. The normalized spacial score (nSPS) is 16.6. The van der Waals surface area contributed by atoms with Crippen LogP contribution in [0, 0.1) is 0 Å². The molecular formula is C27H28N4O2. The number of allylic oxidation sites excluding steroid dienone is 1. The summed E-state index contributed by atoms with van der Waals surface area (Å²) in [5.74, 6) is 0.817. The number of rotatable bonds is 5. The van der Waals surface area contributed by atoms with Gasteiger partial charge in [0, 0.05) is 48.0 Å². The Morgan fingerprint density at radius 3 is 2.70 bits per heavy atom. The quantitative estimate of drug-likeness (QED) is 0.398. The Bertz CT molecular complexity index is 1250. The maximum absolute atomic E-state index is 12.5. The summed E-state index contributed by atoms with van der Waals surface area (Å²) in [7, 11) is 1.71. The lowest BCUT2D eigenvalue weighted by Gasteiger charge is -2.29. The number of carbonyl (C=O) groups is 1. The van der Waals surface area contributed by atoms with Gasteiger partial charge in [-0.25, -0.2) is 0 Å². The van der Waals surface area contributed by atoms with Crippen molar-refractivity contribution in [1.82, 2.24) is 4.90 Å². The summed E-state index contributed by atoms with van der Waals surface area (Å²) in [6.07, 6.45) is 1.03. The van der Waals surface area contributed by atoms with Crippen LogP contribution >= 0.6 is 0 Å². The van der Waals surface area contributed by atoms with E-state index in [4.69, 9.17) is 10.5 Å². The second-order valence-corrected chi connectivity index (χ2v) is 8.68. The molecule has 2 heterocycles. The van der Waals surface area contributed by atoms with Gasteiger partial charge in [0.15, 0.2) is 0 Å². The van der Waals surface area contributed by atoms with Crippen LogP contribution in [-0.4, -0.2) is 24.5 Å². The molecule has 6 nitrogen and oxygen atoms in total. The molecule has 0 bridgehead atoms. The topological polar surface area (TPSA) is 79.6 Å². The van der Waals surface area contributed by atoms with E-state index in [1.165, 1.54) is 16.7 Å². The molecular weight excluding hydrogens is 412 g/mol. The van der Waals surface area contributed by atoms with Gasteiger partial charge in [-0.15, -0.1) is 0 Å². The second kappa shape index (κ2) is 8.64. The van der Waals surface area contributed by atoms with Crippen molar-refractivity contribution in [2.45, 2.75) is 26.4 Å². The van der Waals surface area contributed by atoms with Crippen LogP contribution < -0.4 is 21.1 Å². The van der Waals surface area contributed by atoms with Gasteiger partial charge in [-0.05, 0) is 72.5 Å². The molecule has 1 amide bonds. The number of anilines is 3. The van der Waals surface area contributed by atoms with Gasteiger partial charge in [0.1, 0.15) is 5.75 Å². The highest BCUT2D eigenvalue weighted by atomic mass is 16.5. The molecule has 2 aliphatic heterocycles. The van der Waals surface area contributed by atoms with Crippen LogP contribution in [0.2, 0.25) is 0 Å². The summed E-state index contributed by atoms with van der Waals surface area (Å²) in [4.78, 5) is 15.0. The molecule has 0 aromatic heterocycles. The Labute approximate surface area is 194 Å². The number of hydrogen-bond donors (Lipinski definition) is 3. The molecule has 33 heavy (non-hydrogen) atoms. The van der Waals surface area contributed by atoms with Crippen LogP contribution in [0.3, 0.4) is 0 Å². The maximum Gasteiger partial charge on any atom is 0.258 e. The first-order chi connectivity index (χ1) is 16.0. The molecule has 0 fully saturated rings. The van der Waals surface area contributed by atoms with Crippen LogP contribution in [0.4, 0.5) is 17.1 Å². The Balaban J connectivity index is 1.26. The van der Waals surface area contributed by atoms with Gasteiger partial charge in [0.25, 0.3) is 5.91 Å². The first kappa shape index (κ1) is 21.1. The van der Waals surface area contributed by atoms with Crippen LogP contribution in [0.25, 0.3) is 5.57 Å². The number of carbonyl (C=O) groups excluding carboxylic acids is 1. The van der Waals surface area contributed by atoms with Gasteiger partial charge in [-0.1, -0.05) is 18.2 Å². The SMILES string of the molecule is COc1ccc2c(c1)CCN(Cc1ccc(NC(C)=C3C(=O)Nc4ccc(N)cc43)cc1)C2. The predicted octanol–water partition coefficient (Wildman–Crippen LogP) is 4.63. The molecule has 0 saturated carbocycles. The van der Waals surface area contributed by atoms with E-state index in [-0.39, 0.29) is 5.91 Å². The second-order valence-electron chi connectivity index (χ2n) is 8.68. The standard InChI is InChI=1S/C27H28N4O2/c1-17(26-24-14-21(28)6-10-25(24)30-27(26)32)29-22-7-3-18(4-8-22)15-31-12-11-19-13-23(33-2)9-5-20(19)16-31/h3-10,13-14,29H,11-12,15-16,28H2,1-2H3,(H,30,32). The fourth-order valence-electron chi connectivity index (χ4n) is 4.64. The van der Waals surface area contributed by atoms with Crippen molar-refractivity contribution >= 4 is 28.5 Å². The molecule has 4 N–H and O–H groups in total. The molecule has 5 rings (SSSR count). The van der Waals surface area contributed by atoms with Gasteiger partial charge >= 0.3 is 0 Å². The zero-order valence-corrected chi connectivity index (χ0v) is 18.9. The van der Waals surface area contributed by atoms with Crippen molar-refractivity contribution in [1.29, 1.82) is 0 Å². The molecule has 3 aromatic carbocycles. The zero-order valence-electron chi connectivity index (χ0n) is 18.9. The van der Waals surface area contributed by atoms with Gasteiger partial charge in [-0.3, -0.25) is 9.69 Å². The van der Waals surface area contributed by atoms with Crippen LogP contribution in [0.1, 0.15) is 29.2 Å².